The van der Waals surface area contributed by atoms with Gasteiger partial charge < -0.3 is 10.1 Å². The molecule has 1 N–H and O–H groups in total. The van der Waals surface area contributed by atoms with Crippen LogP contribution in [0.25, 0.3) is 0 Å². The van der Waals surface area contributed by atoms with Crippen molar-refractivity contribution in [3.05, 3.63) is 28.1 Å². The van der Waals surface area contributed by atoms with E-state index in [2.05, 4.69) is 10.4 Å². The SMILES string of the molecule is COc1ccsc1C(=O)Nc1nn(C)cc1C#N. The number of amides is 1. The second-order valence-corrected chi connectivity index (χ2v) is 4.37. The zero-order valence-corrected chi connectivity index (χ0v) is 10.6. The van der Waals surface area contributed by atoms with Crippen LogP contribution >= 0.6 is 11.3 Å². The van der Waals surface area contributed by atoms with Crippen LogP contribution in [0.1, 0.15) is 15.2 Å². The number of ether oxygens (including phenoxy) is 1. The number of aryl methyl sites for hydroxylation is 1. The van der Waals surface area contributed by atoms with Gasteiger partial charge in [0.05, 0.1) is 7.11 Å². The number of nitrogens with zero attached hydrogens (tertiary/aromatic N) is 3. The summed E-state index contributed by atoms with van der Waals surface area (Å²) in [6, 6.07) is 3.68. The molecular weight excluding hydrogens is 252 g/mol. The summed E-state index contributed by atoms with van der Waals surface area (Å²) >= 11 is 1.27. The average Bonchev–Trinajstić information content (AvgIpc) is 2.95. The molecule has 7 heteroatoms. The molecule has 2 rings (SSSR count). The minimum atomic E-state index is -0.336. The number of carbonyl (C=O) groups excluding carboxylic acids is 1. The van der Waals surface area contributed by atoms with Crippen LogP contribution in [-0.4, -0.2) is 22.8 Å². The molecule has 0 radical (unpaired) electrons. The van der Waals surface area contributed by atoms with Crippen molar-refractivity contribution in [1.82, 2.24) is 9.78 Å². The van der Waals surface area contributed by atoms with E-state index in [0.717, 1.165) is 0 Å². The minimum Gasteiger partial charge on any atom is -0.495 e. The highest BCUT2D eigenvalue weighted by atomic mass is 32.1. The molecule has 92 valence electrons. The van der Waals surface area contributed by atoms with E-state index in [0.29, 0.717) is 16.2 Å². The Bertz CT molecular complexity index is 623. The Hall–Kier alpha value is -2.33. The molecule has 0 atom stereocenters. The smallest absolute Gasteiger partial charge is 0.270 e. The Morgan fingerprint density at radius 3 is 3.11 bits per heavy atom. The van der Waals surface area contributed by atoms with Crippen molar-refractivity contribution in [3.63, 3.8) is 0 Å². The van der Waals surface area contributed by atoms with Gasteiger partial charge in [0.2, 0.25) is 0 Å². The molecule has 18 heavy (non-hydrogen) atoms. The summed E-state index contributed by atoms with van der Waals surface area (Å²) in [6.07, 6.45) is 1.54. The van der Waals surface area contributed by atoms with Gasteiger partial charge in [0, 0.05) is 13.2 Å². The topological polar surface area (TPSA) is 79.9 Å². The first-order chi connectivity index (χ1) is 8.65. The van der Waals surface area contributed by atoms with Gasteiger partial charge in [0.15, 0.2) is 5.82 Å². The highest BCUT2D eigenvalue weighted by Gasteiger charge is 2.17. The van der Waals surface area contributed by atoms with Gasteiger partial charge in [-0.05, 0) is 11.4 Å². The summed E-state index contributed by atoms with van der Waals surface area (Å²) < 4.78 is 6.54. The minimum absolute atomic E-state index is 0.250. The molecule has 0 aliphatic carbocycles. The maximum atomic E-state index is 12.0. The molecular formula is C11H10N4O2S. The maximum Gasteiger partial charge on any atom is 0.270 e. The van der Waals surface area contributed by atoms with E-state index in [1.807, 2.05) is 6.07 Å². The second kappa shape index (κ2) is 4.89. The first kappa shape index (κ1) is 12.1. The number of carbonyl (C=O) groups is 1. The van der Waals surface area contributed by atoms with Crippen LogP contribution in [0, 0.1) is 11.3 Å². The second-order valence-electron chi connectivity index (χ2n) is 3.45. The number of thiophene rings is 1. The molecule has 0 bridgehead atoms. The van der Waals surface area contributed by atoms with Crippen molar-refractivity contribution in [1.29, 1.82) is 5.26 Å². The van der Waals surface area contributed by atoms with Gasteiger partial charge in [0.25, 0.3) is 5.91 Å². The van der Waals surface area contributed by atoms with Gasteiger partial charge in [-0.2, -0.15) is 10.4 Å². The predicted molar refractivity (Wildman–Crippen MR) is 66.7 cm³/mol. The summed E-state index contributed by atoms with van der Waals surface area (Å²) in [6.45, 7) is 0. The Balaban J connectivity index is 2.24. The van der Waals surface area contributed by atoms with Crippen LogP contribution in [0.15, 0.2) is 17.6 Å². The summed E-state index contributed by atoms with van der Waals surface area (Å²) in [7, 11) is 3.18. The van der Waals surface area contributed by atoms with Gasteiger partial charge in [-0.3, -0.25) is 9.48 Å². The molecule has 0 saturated carbocycles. The van der Waals surface area contributed by atoms with Gasteiger partial charge >= 0.3 is 0 Å². The van der Waals surface area contributed by atoms with E-state index in [1.54, 1.807) is 24.7 Å². The number of nitriles is 1. The first-order valence-corrected chi connectivity index (χ1v) is 5.90. The van der Waals surface area contributed by atoms with Crippen LogP contribution in [0.5, 0.6) is 5.75 Å². The average molecular weight is 262 g/mol. The molecule has 2 heterocycles. The lowest BCUT2D eigenvalue weighted by molar-refractivity contribution is 0.102. The van der Waals surface area contributed by atoms with E-state index in [9.17, 15) is 4.79 Å². The maximum absolute atomic E-state index is 12.0. The summed E-state index contributed by atoms with van der Waals surface area (Å²) in [5.74, 6) is 0.421. The third-order valence-electron chi connectivity index (χ3n) is 2.24. The molecule has 0 saturated heterocycles. The number of rotatable bonds is 3. The summed E-state index contributed by atoms with van der Waals surface area (Å²) in [5.41, 5.74) is 0.321. The number of methoxy groups -OCH3 is 1. The van der Waals surface area contributed by atoms with Crippen LogP contribution in [0.4, 0.5) is 5.82 Å². The number of hydrogen-bond acceptors (Lipinski definition) is 5. The fourth-order valence-electron chi connectivity index (χ4n) is 1.45. The number of hydrogen-bond donors (Lipinski definition) is 1. The van der Waals surface area contributed by atoms with Crippen molar-refractivity contribution in [2.24, 2.45) is 7.05 Å². The Morgan fingerprint density at radius 1 is 1.67 bits per heavy atom. The zero-order valence-electron chi connectivity index (χ0n) is 9.80. The van der Waals surface area contributed by atoms with Gasteiger partial charge in [-0.25, -0.2) is 0 Å². The molecule has 0 spiro atoms. The van der Waals surface area contributed by atoms with E-state index in [1.165, 1.54) is 23.1 Å². The number of nitrogens with one attached hydrogen (secondary N) is 1. The van der Waals surface area contributed by atoms with Crippen LogP contribution in [0.2, 0.25) is 0 Å². The predicted octanol–water partition coefficient (Wildman–Crippen LogP) is 1.61. The molecule has 0 aromatic carbocycles. The third-order valence-corrected chi connectivity index (χ3v) is 3.13. The zero-order chi connectivity index (χ0) is 13.1. The van der Waals surface area contributed by atoms with E-state index in [4.69, 9.17) is 10.00 Å². The molecule has 0 aliphatic heterocycles. The van der Waals surface area contributed by atoms with Crippen molar-refractivity contribution in [3.8, 4) is 11.8 Å². The van der Waals surface area contributed by atoms with Crippen molar-refractivity contribution in [2.75, 3.05) is 12.4 Å². The first-order valence-electron chi connectivity index (χ1n) is 5.02. The fourth-order valence-corrected chi connectivity index (χ4v) is 2.20. The number of aromatic nitrogens is 2. The van der Waals surface area contributed by atoms with Crippen molar-refractivity contribution >= 4 is 23.1 Å². The molecule has 1 amide bonds. The molecule has 2 aromatic rings. The largest absolute Gasteiger partial charge is 0.495 e. The third kappa shape index (κ3) is 2.19. The molecule has 0 fully saturated rings. The monoisotopic (exact) mass is 262 g/mol. The fraction of sp³-hybridized carbons (Fsp3) is 0.182. The van der Waals surface area contributed by atoms with Crippen molar-refractivity contribution in [2.45, 2.75) is 0 Å². The van der Waals surface area contributed by atoms with E-state index >= 15 is 0 Å². The van der Waals surface area contributed by atoms with E-state index in [-0.39, 0.29) is 11.7 Å². The molecule has 2 aromatic heterocycles. The van der Waals surface area contributed by atoms with Crippen LogP contribution < -0.4 is 10.1 Å². The highest BCUT2D eigenvalue weighted by Crippen LogP contribution is 2.25. The summed E-state index contributed by atoms with van der Waals surface area (Å²) in [4.78, 5) is 12.4. The Labute approximate surface area is 107 Å². The Morgan fingerprint density at radius 2 is 2.44 bits per heavy atom. The van der Waals surface area contributed by atoms with Gasteiger partial charge in [0.1, 0.15) is 22.3 Å². The van der Waals surface area contributed by atoms with Crippen LogP contribution in [0.3, 0.4) is 0 Å². The van der Waals surface area contributed by atoms with Crippen LogP contribution in [-0.2, 0) is 7.05 Å². The lowest BCUT2D eigenvalue weighted by atomic mass is 10.3. The Kier molecular flexibility index (Phi) is 3.30. The van der Waals surface area contributed by atoms with E-state index < -0.39 is 0 Å². The number of anilines is 1. The molecule has 6 nitrogen and oxygen atoms in total. The van der Waals surface area contributed by atoms with Gasteiger partial charge in [-0.1, -0.05) is 0 Å². The van der Waals surface area contributed by atoms with Crippen molar-refractivity contribution < 1.29 is 9.53 Å². The summed E-state index contributed by atoms with van der Waals surface area (Å²) in [5, 5.41) is 17.3. The lowest BCUT2D eigenvalue weighted by Crippen LogP contribution is -2.12. The highest BCUT2D eigenvalue weighted by molar-refractivity contribution is 7.12. The quantitative estimate of drug-likeness (QED) is 0.911. The molecule has 0 aliphatic rings. The normalized spacial score (nSPS) is 9.83. The van der Waals surface area contributed by atoms with Gasteiger partial charge in [-0.15, -0.1) is 11.3 Å². The lowest BCUT2D eigenvalue weighted by Gasteiger charge is -2.02. The standard InChI is InChI=1S/C11H10N4O2S/c1-15-6-7(5-12)10(14-15)13-11(16)9-8(17-2)3-4-18-9/h3-4,6H,1-2H3,(H,13,14,16). The molecule has 0 unspecified atom stereocenters.